The fourth-order valence-electron chi connectivity index (χ4n) is 3.13. The van der Waals surface area contributed by atoms with Crippen LogP contribution in [0.5, 0.6) is 0 Å². The summed E-state index contributed by atoms with van der Waals surface area (Å²) in [6.07, 6.45) is 2.01. The maximum absolute atomic E-state index is 14.7. The average molecular weight is 340 g/mol. The highest BCUT2D eigenvalue weighted by atomic mass is 35.5. The summed E-state index contributed by atoms with van der Waals surface area (Å²) in [7, 11) is 0. The fourth-order valence-corrected chi connectivity index (χ4v) is 3.29. The summed E-state index contributed by atoms with van der Waals surface area (Å²) < 4.78 is 14.7. The Kier molecular flexibility index (Phi) is 4.72. The molecule has 2 nitrogen and oxygen atoms in total. The highest BCUT2D eigenvalue weighted by molar-refractivity contribution is 6.29. The molecule has 0 bridgehead atoms. The van der Waals surface area contributed by atoms with Gasteiger partial charge >= 0.3 is 0 Å². The van der Waals surface area contributed by atoms with Crippen LogP contribution in [0.4, 0.5) is 4.39 Å². The smallest absolute Gasteiger partial charge is 0.146 e. The van der Waals surface area contributed by atoms with E-state index in [1.165, 1.54) is 6.07 Å². The van der Waals surface area contributed by atoms with Gasteiger partial charge in [-0.3, -0.25) is 0 Å². The molecular weight excluding hydrogens is 325 g/mol. The van der Waals surface area contributed by atoms with E-state index in [9.17, 15) is 9.18 Å². The Bertz CT molecular complexity index is 797. The predicted octanol–water partition coefficient (Wildman–Crippen LogP) is 4.80. The molecule has 0 aliphatic carbocycles. The van der Waals surface area contributed by atoms with Crippen molar-refractivity contribution >= 4 is 17.9 Å². The zero-order chi connectivity index (χ0) is 17.0. The Morgan fingerprint density at radius 2 is 1.54 bits per heavy atom. The number of benzene rings is 2. The molecule has 120 valence electrons. The van der Waals surface area contributed by atoms with Gasteiger partial charge in [0.2, 0.25) is 0 Å². The molecule has 0 unspecified atom stereocenters. The second-order valence-electron chi connectivity index (χ2n) is 5.50. The van der Waals surface area contributed by atoms with Crippen molar-refractivity contribution in [2.24, 2.45) is 0 Å². The second kappa shape index (κ2) is 6.93. The summed E-state index contributed by atoms with van der Waals surface area (Å²) in [4.78, 5) is 15.4. The molecule has 24 heavy (non-hydrogen) atoms. The number of aldehydes is 1. The van der Waals surface area contributed by atoms with Gasteiger partial charge < -0.3 is 4.79 Å². The van der Waals surface area contributed by atoms with E-state index in [1.807, 2.05) is 60.7 Å². The lowest BCUT2D eigenvalue weighted by atomic mass is 9.67. The van der Waals surface area contributed by atoms with Crippen LogP contribution in [0.3, 0.4) is 0 Å². The minimum absolute atomic E-state index is 0.0955. The van der Waals surface area contributed by atoms with E-state index >= 15 is 0 Å². The van der Waals surface area contributed by atoms with Crippen molar-refractivity contribution in [3.63, 3.8) is 0 Å². The fraction of sp³-hybridized carbons (Fsp3) is 0.100. The van der Waals surface area contributed by atoms with Gasteiger partial charge in [0, 0.05) is 12.0 Å². The van der Waals surface area contributed by atoms with Crippen molar-refractivity contribution in [3.05, 3.63) is 101 Å². The van der Waals surface area contributed by atoms with Crippen molar-refractivity contribution < 1.29 is 9.18 Å². The van der Waals surface area contributed by atoms with Crippen LogP contribution in [-0.2, 0) is 10.2 Å². The number of nitrogens with zero attached hydrogens (tertiary/aromatic N) is 1. The number of pyridine rings is 1. The number of carbonyl (C=O) groups excluding carboxylic acids is 1. The van der Waals surface area contributed by atoms with Crippen molar-refractivity contribution in [3.8, 4) is 0 Å². The Balaban J connectivity index is 2.39. The summed E-state index contributed by atoms with van der Waals surface area (Å²) in [5.74, 6) is -0.492. The third kappa shape index (κ3) is 2.83. The molecule has 1 heterocycles. The SMILES string of the molecule is O=CCC(c1ccccc1)(c1ccccc1)c1cc(Cl)ncc1F. The van der Waals surface area contributed by atoms with Crippen LogP contribution < -0.4 is 0 Å². The van der Waals surface area contributed by atoms with Crippen LogP contribution in [0.25, 0.3) is 0 Å². The third-order valence-electron chi connectivity index (χ3n) is 4.20. The van der Waals surface area contributed by atoms with E-state index in [4.69, 9.17) is 11.6 Å². The number of rotatable bonds is 5. The standard InChI is InChI=1S/C20H15ClFNO/c21-19-13-17(18(22)14-23-19)20(11-12-24,15-7-3-1-4-8-15)16-9-5-2-6-10-16/h1-10,12-14H,11H2. The molecule has 0 amide bonds. The largest absolute Gasteiger partial charge is 0.303 e. The van der Waals surface area contributed by atoms with Gasteiger partial charge in [0.05, 0.1) is 11.6 Å². The van der Waals surface area contributed by atoms with Gasteiger partial charge in [-0.2, -0.15) is 0 Å². The van der Waals surface area contributed by atoms with Gasteiger partial charge in [-0.05, 0) is 17.2 Å². The molecule has 2 aromatic carbocycles. The molecule has 3 rings (SSSR count). The molecule has 0 fully saturated rings. The Morgan fingerprint density at radius 1 is 1.00 bits per heavy atom. The average Bonchev–Trinajstić information content (AvgIpc) is 2.63. The number of hydrogen-bond donors (Lipinski definition) is 0. The van der Waals surface area contributed by atoms with E-state index in [0.717, 1.165) is 23.6 Å². The van der Waals surface area contributed by atoms with E-state index in [0.29, 0.717) is 5.56 Å². The van der Waals surface area contributed by atoms with Crippen LogP contribution in [0.2, 0.25) is 5.15 Å². The summed E-state index contributed by atoms with van der Waals surface area (Å²) in [6.45, 7) is 0. The molecule has 1 aromatic heterocycles. The second-order valence-corrected chi connectivity index (χ2v) is 5.88. The first-order valence-corrected chi connectivity index (χ1v) is 7.92. The molecule has 4 heteroatoms. The highest BCUT2D eigenvalue weighted by Gasteiger charge is 2.38. The minimum atomic E-state index is -0.957. The molecule has 0 spiro atoms. The van der Waals surface area contributed by atoms with Crippen molar-refractivity contribution in [1.82, 2.24) is 4.98 Å². The van der Waals surface area contributed by atoms with Gasteiger partial charge in [0.25, 0.3) is 0 Å². The molecule has 0 aliphatic rings. The molecule has 0 saturated heterocycles. The molecule has 0 saturated carbocycles. The molecule has 0 N–H and O–H groups in total. The summed E-state index contributed by atoms with van der Waals surface area (Å²) >= 11 is 6.03. The monoisotopic (exact) mass is 339 g/mol. The number of hydrogen-bond acceptors (Lipinski definition) is 2. The van der Waals surface area contributed by atoms with E-state index in [-0.39, 0.29) is 11.6 Å². The predicted molar refractivity (Wildman–Crippen MR) is 92.7 cm³/mol. The first-order chi connectivity index (χ1) is 11.7. The lowest BCUT2D eigenvalue weighted by Crippen LogP contribution is -2.31. The summed E-state index contributed by atoms with van der Waals surface area (Å²) in [5, 5.41) is 0.188. The van der Waals surface area contributed by atoms with Crippen molar-refractivity contribution in [1.29, 1.82) is 0 Å². The van der Waals surface area contributed by atoms with E-state index in [2.05, 4.69) is 4.98 Å². The maximum Gasteiger partial charge on any atom is 0.146 e. The quantitative estimate of drug-likeness (QED) is 0.494. The minimum Gasteiger partial charge on any atom is -0.303 e. The molecule has 3 aromatic rings. The van der Waals surface area contributed by atoms with Gasteiger partial charge in [0.15, 0.2) is 0 Å². The zero-order valence-corrected chi connectivity index (χ0v) is 13.6. The Hall–Kier alpha value is -2.52. The van der Waals surface area contributed by atoms with Gasteiger partial charge in [-0.25, -0.2) is 9.37 Å². The van der Waals surface area contributed by atoms with Gasteiger partial charge in [0.1, 0.15) is 17.3 Å². The molecule has 0 radical (unpaired) electrons. The van der Waals surface area contributed by atoms with Crippen molar-refractivity contribution in [2.45, 2.75) is 11.8 Å². The summed E-state index contributed by atoms with van der Waals surface area (Å²) in [5.41, 5.74) is 1.03. The number of halogens is 2. The molecular formula is C20H15ClFNO. The Morgan fingerprint density at radius 3 is 2.04 bits per heavy atom. The van der Waals surface area contributed by atoms with Crippen LogP contribution >= 0.6 is 11.6 Å². The normalized spacial score (nSPS) is 11.2. The maximum atomic E-state index is 14.7. The van der Waals surface area contributed by atoms with Crippen LogP contribution in [0, 0.1) is 5.82 Å². The topological polar surface area (TPSA) is 30.0 Å². The first kappa shape index (κ1) is 16.3. The van der Waals surface area contributed by atoms with E-state index in [1.54, 1.807) is 0 Å². The zero-order valence-electron chi connectivity index (χ0n) is 12.8. The number of aromatic nitrogens is 1. The lowest BCUT2D eigenvalue weighted by molar-refractivity contribution is -0.108. The van der Waals surface area contributed by atoms with Crippen LogP contribution in [-0.4, -0.2) is 11.3 Å². The van der Waals surface area contributed by atoms with Crippen molar-refractivity contribution in [2.75, 3.05) is 0 Å². The Labute approximate surface area is 144 Å². The molecule has 0 atom stereocenters. The van der Waals surface area contributed by atoms with E-state index < -0.39 is 11.2 Å². The van der Waals surface area contributed by atoms with Gasteiger partial charge in [-0.1, -0.05) is 72.3 Å². The number of carbonyl (C=O) groups is 1. The summed E-state index contributed by atoms with van der Waals surface area (Å²) in [6, 6.07) is 20.3. The van der Waals surface area contributed by atoms with Crippen LogP contribution in [0.1, 0.15) is 23.1 Å². The third-order valence-corrected chi connectivity index (χ3v) is 4.41. The first-order valence-electron chi connectivity index (χ1n) is 7.54. The van der Waals surface area contributed by atoms with Crippen LogP contribution in [0.15, 0.2) is 72.9 Å². The lowest BCUT2D eigenvalue weighted by Gasteiger charge is -2.34. The molecule has 0 aliphatic heterocycles. The van der Waals surface area contributed by atoms with Gasteiger partial charge in [-0.15, -0.1) is 0 Å². The highest BCUT2D eigenvalue weighted by Crippen LogP contribution is 2.43.